The lowest BCUT2D eigenvalue weighted by molar-refractivity contribution is 0.0929. The van der Waals surface area contributed by atoms with Gasteiger partial charge in [-0.1, -0.05) is 12.1 Å². The first-order chi connectivity index (χ1) is 16.1. The Morgan fingerprint density at radius 1 is 0.818 bits per heavy atom. The Balaban J connectivity index is 1.32. The van der Waals surface area contributed by atoms with E-state index >= 15 is 0 Å². The van der Waals surface area contributed by atoms with Gasteiger partial charge in [0.15, 0.2) is 0 Å². The second-order valence-electron chi connectivity index (χ2n) is 7.24. The second-order valence-corrected chi connectivity index (χ2v) is 7.24. The minimum absolute atomic E-state index is 0.235. The molecule has 2 amide bonds. The molecule has 0 unspecified atom stereocenters. The van der Waals surface area contributed by atoms with Gasteiger partial charge >= 0.3 is 0 Å². The molecule has 166 valence electrons. The zero-order valence-electron chi connectivity index (χ0n) is 17.7. The molecule has 0 bridgehead atoms. The van der Waals surface area contributed by atoms with Crippen LogP contribution >= 0.6 is 0 Å². The summed E-state index contributed by atoms with van der Waals surface area (Å²) in [5.74, 6) is 1.15. The molecule has 7 nitrogen and oxygen atoms in total. The summed E-state index contributed by atoms with van der Waals surface area (Å²) in [6, 6.07) is 24.4. The van der Waals surface area contributed by atoms with Crippen LogP contribution in [0.15, 0.2) is 95.6 Å². The van der Waals surface area contributed by atoms with E-state index in [-0.39, 0.29) is 5.91 Å². The number of benzene rings is 3. The van der Waals surface area contributed by atoms with Gasteiger partial charge in [-0.15, -0.1) is 0 Å². The first kappa shape index (κ1) is 21.9. The number of nitrogens with one attached hydrogen (secondary N) is 1. The van der Waals surface area contributed by atoms with Gasteiger partial charge < -0.3 is 24.9 Å². The molecule has 33 heavy (non-hydrogen) atoms. The van der Waals surface area contributed by atoms with Gasteiger partial charge in [0.25, 0.3) is 5.91 Å². The fourth-order valence-corrected chi connectivity index (χ4v) is 3.10. The van der Waals surface area contributed by atoms with Gasteiger partial charge in [-0.3, -0.25) is 9.59 Å². The van der Waals surface area contributed by atoms with Gasteiger partial charge in [-0.05, 0) is 78.4 Å². The zero-order valence-corrected chi connectivity index (χ0v) is 17.7. The number of anilines is 1. The van der Waals surface area contributed by atoms with Crippen LogP contribution in [-0.4, -0.2) is 11.8 Å². The molecule has 0 aliphatic rings. The number of nitrogens with two attached hydrogens (primary N) is 1. The van der Waals surface area contributed by atoms with E-state index < -0.39 is 5.91 Å². The van der Waals surface area contributed by atoms with Gasteiger partial charge in [0, 0.05) is 16.8 Å². The van der Waals surface area contributed by atoms with E-state index in [1.807, 2.05) is 36.4 Å². The molecule has 7 heteroatoms. The largest absolute Gasteiger partial charge is 0.467 e. The summed E-state index contributed by atoms with van der Waals surface area (Å²) in [6.45, 7) is 0.782. The van der Waals surface area contributed by atoms with Gasteiger partial charge in [0.1, 0.15) is 23.9 Å². The molecular formula is C26H22N2O5. The summed E-state index contributed by atoms with van der Waals surface area (Å²) in [6.07, 6.45) is 1.61. The first-order valence-corrected chi connectivity index (χ1v) is 10.2. The lowest BCUT2D eigenvalue weighted by Crippen LogP contribution is -2.12. The van der Waals surface area contributed by atoms with E-state index in [4.69, 9.17) is 19.6 Å². The van der Waals surface area contributed by atoms with Crippen molar-refractivity contribution >= 4 is 17.5 Å². The fourth-order valence-electron chi connectivity index (χ4n) is 3.10. The van der Waals surface area contributed by atoms with Crippen LogP contribution < -0.4 is 15.8 Å². The summed E-state index contributed by atoms with van der Waals surface area (Å²) in [5.41, 5.74) is 7.74. The highest BCUT2D eigenvalue weighted by molar-refractivity contribution is 6.04. The molecule has 0 aliphatic heterocycles. The van der Waals surface area contributed by atoms with Crippen LogP contribution in [-0.2, 0) is 18.0 Å². The van der Waals surface area contributed by atoms with Crippen molar-refractivity contribution in [2.45, 2.75) is 13.2 Å². The molecule has 0 fully saturated rings. The number of primary amides is 1. The van der Waals surface area contributed by atoms with Crippen LogP contribution in [0.25, 0.3) is 0 Å². The third kappa shape index (κ3) is 6.09. The minimum atomic E-state index is -0.496. The van der Waals surface area contributed by atoms with Crippen molar-refractivity contribution in [2.24, 2.45) is 5.73 Å². The van der Waals surface area contributed by atoms with Crippen LogP contribution in [0, 0.1) is 0 Å². The first-order valence-electron chi connectivity index (χ1n) is 10.2. The Kier molecular flexibility index (Phi) is 6.82. The fraction of sp³-hybridized carbons (Fsp3) is 0.0769. The van der Waals surface area contributed by atoms with Crippen molar-refractivity contribution < 1.29 is 23.5 Å². The molecule has 1 aromatic heterocycles. The lowest BCUT2D eigenvalue weighted by atomic mass is 10.1. The minimum Gasteiger partial charge on any atom is -0.467 e. The van der Waals surface area contributed by atoms with Crippen molar-refractivity contribution in [3.8, 4) is 11.5 Å². The van der Waals surface area contributed by atoms with Crippen molar-refractivity contribution in [3.05, 3.63) is 114 Å². The summed E-state index contributed by atoms with van der Waals surface area (Å²) in [4.78, 5) is 23.8. The molecule has 3 N–H and O–H groups in total. The highest BCUT2D eigenvalue weighted by Crippen LogP contribution is 2.22. The number of carbonyl (C=O) groups is 2. The topological polar surface area (TPSA) is 104 Å². The van der Waals surface area contributed by atoms with Crippen LogP contribution in [0.5, 0.6) is 11.5 Å². The summed E-state index contributed by atoms with van der Waals surface area (Å²) in [5, 5.41) is 2.89. The molecule has 0 aliphatic carbocycles. The maximum absolute atomic E-state index is 12.6. The van der Waals surface area contributed by atoms with E-state index in [0.29, 0.717) is 41.5 Å². The molecule has 0 saturated heterocycles. The molecule has 0 saturated carbocycles. The number of ether oxygens (including phenoxy) is 2. The number of hydrogen-bond acceptors (Lipinski definition) is 5. The van der Waals surface area contributed by atoms with Crippen LogP contribution in [0.1, 0.15) is 32.0 Å². The Morgan fingerprint density at radius 3 is 2.15 bits per heavy atom. The molecular weight excluding hydrogens is 420 g/mol. The van der Waals surface area contributed by atoms with Crippen LogP contribution in [0.3, 0.4) is 0 Å². The molecule has 0 atom stereocenters. The van der Waals surface area contributed by atoms with Crippen molar-refractivity contribution in [3.63, 3.8) is 0 Å². The molecule has 1 heterocycles. The summed E-state index contributed by atoms with van der Waals surface area (Å²) >= 11 is 0. The number of carbonyl (C=O) groups excluding carboxylic acids is 2. The highest BCUT2D eigenvalue weighted by atomic mass is 16.5. The number of furan rings is 1. The van der Waals surface area contributed by atoms with Gasteiger partial charge in [-0.25, -0.2) is 0 Å². The van der Waals surface area contributed by atoms with E-state index in [0.717, 1.165) is 11.3 Å². The van der Waals surface area contributed by atoms with E-state index in [2.05, 4.69) is 5.32 Å². The van der Waals surface area contributed by atoms with E-state index in [1.54, 1.807) is 54.8 Å². The number of hydrogen-bond donors (Lipinski definition) is 2. The van der Waals surface area contributed by atoms with Crippen molar-refractivity contribution in [1.29, 1.82) is 0 Å². The normalized spacial score (nSPS) is 10.5. The van der Waals surface area contributed by atoms with Gasteiger partial charge in [0.2, 0.25) is 5.91 Å². The second kappa shape index (κ2) is 10.3. The number of rotatable bonds is 9. The Morgan fingerprint density at radius 2 is 1.52 bits per heavy atom. The SMILES string of the molecule is NC(=O)c1ccc(Oc2ccc(C(=O)Nc3cccc(COCc4ccco4)c3)cc2)cc1. The average Bonchev–Trinajstić information content (AvgIpc) is 3.34. The quantitative estimate of drug-likeness (QED) is 0.374. The van der Waals surface area contributed by atoms with Crippen LogP contribution in [0.4, 0.5) is 5.69 Å². The predicted molar refractivity (Wildman–Crippen MR) is 123 cm³/mol. The third-order valence-electron chi connectivity index (χ3n) is 4.77. The standard InChI is InChI=1S/C26H22N2O5/c27-25(29)19-6-10-22(11-7-19)33-23-12-8-20(9-13-23)26(30)28-21-4-1-3-18(15-21)16-31-17-24-5-2-14-32-24/h1-15H,16-17H2,(H2,27,29)(H,28,30). The Labute approximate surface area is 190 Å². The zero-order chi connectivity index (χ0) is 23.0. The van der Waals surface area contributed by atoms with E-state index in [1.165, 1.54) is 0 Å². The Bertz CT molecular complexity index is 1220. The number of amides is 2. The average molecular weight is 442 g/mol. The highest BCUT2D eigenvalue weighted by Gasteiger charge is 2.08. The summed E-state index contributed by atoms with van der Waals surface area (Å²) in [7, 11) is 0. The van der Waals surface area contributed by atoms with Crippen molar-refractivity contribution in [2.75, 3.05) is 5.32 Å². The Hall–Kier alpha value is -4.36. The molecule has 0 spiro atoms. The summed E-state index contributed by atoms with van der Waals surface area (Å²) < 4.78 is 16.6. The van der Waals surface area contributed by atoms with E-state index in [9.17, 15) is 9.59 Å². The predicted octanol–water partition coefficient (Wildman–Crippen LogP) is 5.14. The monoisotopic (exact) mass is 442 g/mol. The smallest absolute Gasteiger partial charge is 0.255 e. The third-order valence-corrected chi connectivity index (χ3v) is 4.77. The molecule has 0 radical (unpaired) electrons. The van der Waals surface area contributed by atoms with Crippen molar-refractivity contribution in [1.82, 2.24) is 0 Å². The molecule has 4 aromatic rings. The molecule has 4 rings (SSSR count). The maximum atomic E-state index is 12.6. The van der Waals surface area contributed by atoms with Gasteiger partial charge in [-0.2, -0.15) is 0 Å². The van der Waals surface area contributed by atoms with Crippen LogP contribution in [0.2, 0.25) is 0 Å². The maximum Gasteiger partial charge on any atom is 0.255 e. The van der Waals surface area contributed by atoms with Gasteiger partial charge in [0.05, 0.1) is 12.9 Å². The lowest BCUT2D eigenvalue weighted by Gasteiger charge is -2.09. The molecule has 3 aromatic carbocycles.